The van der Waals surface area contributed by atoms with Gasteiger partial charge >= 0.3 is 0 Å². The van der Waals surface area contributed by atoms with Crippen LogP contribution in [0.3, 0.4) is 0 Å². The van der Waals surface area contributed by atoms with Crippen molar-refractivity contribution in [2.45, 2.75) is 58.8 Å². The number of benzene rings is 2. The first-order valence-electron chi connectivity index (χ1n) is 8.92. The molecule has 2 nitrogen and oxygen atoms in total. The van der Waals surface area contributed by atoms with E-state index in [0.717, 1.165) is 23.4 Å². The van der Waals surface area contributed by atoms with E-state index in [2.05, 4.69) is 58.9 Å². The zero-order chi connectivity index (χ0) is 17.4. The van der Waals surface area contributed by atoms with Crippen LogP contribution >= 0.6 is 0 Å². The third-order valence-electron chi connectivity index (χ3n) is 4.98. The number of hydrogen-bond donors (Lipinski definition) is 1. The van der Waals surface area contributed by atoms with Crippen molar-refractivity contribution in [3.8, 4) is 5.75 Å². The normalized spacial score (nSPS) is 18.6. The lowest BCUT2D eigenvalue weighted by Gasteiger charge is -2.17. The third-order valence-corrected chi connectivity index (χ3v) is 4.98. The van der Waals surface area contributed by atoms with Gasteiger partial charge in [0, 0.05) is 5.56 Å². The van der Waals surface area contributed by atoms with Gasteiger partial charge in [0.15, 0.2) is 0 Å². The summed E-state index contributed by atoms with van der Waals surface area (Å²) in [4.78, 5) is 5.11. The maximum atomic E-state index is 10.4. The van der Waals surface area contributed by atoms with Gasteiger partial charge in [-0.25, -0.2) is 0 Å². The Labute approximate surface area is 145 Å². The molecular formula is C22H27NO. The number of aromatic hydroxyl groups is 1. The van der Waals surface area contributed by atoms with E-state index in [1.807, 2.05) is 6.07 Å². The van der Waals surface area contributed by atoms with Crippen molar-refractivity contribution in [3.05, 3.63) is 58.7 Å². The fraction of sp³-hybridized carbons (Fsp3) is 0.409. The van der Waals surface area contributed by atoms with Crippen molar-refractivity contribution in [3.63, 3.8) is 0 Å². The molecule has 0 heterocycles. The molecule has 3 rings (SSSR count). The Morgan fingerprint density at radius 2 is 1.54 bits per heavy atom. The summed E-state index contributed by atoms with van der Waals surface area (Å²) >= 11 is 0. The molecule has 0 amide bonds. The van der Waals surface area contributed by atoms with E-state index in [9.17, 15) is 5.11 Å². The van der Waals surface area contributed by atoms with Crippen molar-refractivity contribution in [2.75, 3.05) is 0 Å². The summed E-state index contributed by atoms with van der Waals surface area (Å²) in [5.41, 5.74) is 6.84. The number of para-hydroxylation sites is 1. The predicted octanol–water partition coefficient (Wildman–Crippen LogP) is 6.27. The Bertz CT molecular complexity index is 760. The van der Waals surface area contributed by atoms with Gasteiger partial charge in [-0.05, 0) is 46.9 Å². The van der Waals surface area contributed by atoms with Crippen LogP contribution in [0.1, 0.15) is 81.0 Å². The number of hydrogen-bond acceptors (Lipinski definition) is 2. The van der Waals surface area contributed by atoms with Crippen molar-refractivity contribution in [1.29, 1.82) is 0 Å². The second-order valence-corrected chi connectivity index (χ2v) is 7.50. The van der Waals surface area contributed by atoms with Crippen LogP contribution in [0, 0.1) is 0 Å². The van der Waals surface area contributed by atoms with E-state index in [0.29, 0.717) is 23.5 Å². The van der Waals surface area contributed by atoms with E-state index in [1.165, 1.54) is 16.7 Å². The topological polar surface area (TPSA) is 32.6 Å². The largest absolute Gasteiger partial charge is 0.507 e. The monoisotopic (exact) mass is 321 g/mol. The van der Waals surface area contributed by atoms with Crippen LogP contribution in [-0.4, -0.2) is 10.8 Å². The first kappa shape index (κ1) is 16.8. The molecule has 1 aliphatic rings. The van der Waals surface area contributed by atoms with Gasteiger partial charge in [-0.1, -0.05) is 65.0 Å². The number of nitrogens with zero attached hydrogens (tertiary/aromatic N) is 1. The molecular weight excluding hydrogens is 294 g/mol. The van der Waals surface area contributed by atoms with Gasteiger partial charge < -0.3 is 5.11 Å². The van der Waals surface area contributed by atoms with Crippen LogP contribution in [0.25, 0.3) is 0 Å². The van der Waals surface area contributed by atoms with Crippen LogP contribution < -0.4 is 0 Å². The van der Waals surface area contributed by atoms with Gasteiger partial charge in [-0.15, -0.1) is 0 Å². The van der Waals surface area contributed by atoms with Crippen molar-refractivity contribution in [2.24, 2.45) is 4.99 Å². The highest BCUT2D eigenvalue weighted by Gasteiger charge is 2.28. The Morgan fingerprint density at radius 3 is 2.12 bits per heavy atom. The zero-order valence-corrected chi connectivity index (χ0v) is 15.3. The Balaban J connectivity index is 2.21. The van der Waals surface area contributed by atoms with Crippen molar-refractivity contribution >= 4 is 11.4 Å². The molecule has 1 atom stereocenters. The third kappa shape index (κ3) is 2.86. The van der Waals surface area contributed by atoms with Crippen LogP contribution in [-0.2, 0) is 0 Å². The van der Waals surface area contributed by atoms with Crippen LogP contribution in [0.15, 0.2) is 41.4 Å². The first-order chi connectivity index (χ1) is 11.4. The first-order valence-corrected chi connectivity index (χ1v) is 8.92. The maximum absolute atomic E-state index is 10.4. The summed E-state index contributed by atoms with van der Waals surface area (Å²) in [7, 11) is 0. The lowest BCUT2D eigenvalue weighted by Crippen LogP contribution is -2.00. The Morgan fingerprint density at radius 1 is 0.958 bits per heavy atom. The second-order valence-electron chi connectivity index (χ2n) is 7.50. The smallest absolute Gasteiger partial charge is 0.124 e. The van der Waals surface area contributed by atoms with Gasteiger partial charge in [0.25, 0.3) is 0 Å². The van der Waals surface area contributed by atoms with E-state index in [-0.39, 0.29) is 0 Å². The predicted molar refractivity (Wildman–Crippen MR) is 102 cm³/mol. The van der Waals surface area contributed by atoms with Gasteiger partial charge in [0.2, 0.25) is 0 Å². The number of rotatable bonds is 3. The number of phenols is 1. The van der Waals surface area contributed by atoms with Gasteiger partial charge in [-0.3, -0.25) is 4.99 Å². The molecule has 126 valence electrons. The van der Waals surface area contributed by atoms with Gasteiger partial charge in [0.05, 0.1) is 11.4 Å². The quantitative estimate of drug-likeness (QED) is 0.710. The van der Waals surface area contributed by atoms with Crippen molar-refractivity contribution < 1.29 is 5.11 Å². The molecule has 0 saturated heterocycles. The highest BCUT2D eigenvalue weighted by Crippen LogP contribution is 2.41. The van der Waals surface area contributed by atoms with Gasteiger partial charge in [-0.2, -0.15) is 0 Å². The summed E-state index contributed by atoms with van der Waals surface area (Å²) in [5, 5.41) is 10.4. The fourth-order valence-electron chi connectivity index (χ4n) is 3.66. The Hall–Kier alpha value is -2.09. The molecule has 2 aromatic rings. The average Bonchev–Trinajstić information content (AvgIpc) is 2.84. The molecule has 24 heavy (non-hydrogen) atoms. The zero-order valence-electron chi connectivity index (χ0n) is 15.3. The SMILES string of the molecule is CC(C)c1cccc(C(C)C)c1N=C1C[C@@H](C)c2cccc(O)c21. The molecule has 0 unspecified atom stereocenters. The highest BCUT2D eigenvalue weighted by molar-refractivity contribution is 6.08. The lowest BCUT2D eigenvalue weighted by molar-refractivity contribution is 0.474. The molecule has 0 radical (unpaired) electrons. The van der Waals surface area contributed by atoms with Crippen molar-refractivity contribution in [1.82, 2.24) is 0 Å². The van der Waals surface area contributed by atoms with Crippen LogP contribution in [0.4, 0.5) is 5.69 Å². The van der Waals surface area contributed by atoms with E-state index in [1.54, 1.807) is 6.07 Å². The molecule has 1 aliphatic carbocycles. The van der Waals surface area contributed by atoms with Gasteiger partial charge in [0.1, 0.15) is 5.75 Å². The summed E-state index contributed by atoms with van der Waals surface area (Å²) in [6.07, 6.45) is 0.886. The van der Waals surface area contributed by atoms with E-state index < -0.39 is 0 Å². The molecule has 2 aromatic carbocycles. The summed E-state index contributed by atoms with van der Waals surface area (Å²) < 4.78 is 0. The molecule has 0 bridgehead atoms. The minimum absolute atomic E-state index is 0.351. The molecule has 2 heteroatoms. The number of phenolic OH excluding ortho intramolecular Hbond substituents is 1. The van der Waals surface area contributed by atoms with E-state index >= 15 is 0 Å². The fourth-order valence-corrected chi connectivity index (χ4v) is 3.66. The maximum Gasteiger partial charge on any atom is 0.124 e. The molecule has 0 aromatic heterocycles. The number of aliphatic imine (C=N–C) groups is 1. The minimum atomic E-state index is 0.351. The lowest BCUT2D eigenvalue weighted by atomic mass is 9.92. The molecule has 0 fully saturated rings. The van der Waals surface area contributed by atoms with E-state index in [4.69, 9.17) is 4.99 Å². The Kier molecular flexibility index (Phi) is 4.49. The number of fused-ring (bicyclic) bond motifs is 1. The molecule has 1 N–H and O–H groups in total. The molecule has 0 saturated carbocycles. The summed E-state index contributed by atoms with van der Waals surface area (Å²) in [6.45, 7) is 11.1. The summed E-state index contributed by atoms with van der Waals surface area (Å²) in [5.74, 6) is 1.60. The van der Waals surface area contributed by atoms with Crippen LogP contribution in [0.2, 0.25) is 0 Å². The minimum Gasteiger partial charge on any atom is -0.507 e. The highest BCUT2D eigenvalue weighted by atomic mass is 16.3. The van der Waals surface area contributed by atoms with Crippen LogP contribution in [0.5, 0.6) is 5.75 Å². The standard InChI is InChI=1S/C22H27NO/c1-13(2)16-8-6-9-17(14(3)4)22(16)23-19-12-15(5)18-10-7-11-20(24)21(18)19/h6-11,13-15,24H,12H2,1-5H3/t15-/m1/s1. The molecule has 0 aliphatic heterocycles. The summed E-state index contributed by atoms with van der Waals surface area (Å²) in [6, 6.07) is 12.3. The molecule has 0 spiro atoms. The average molecular weight is 321 g/mol. The second kappa shape index (κ2) is 6.43.